The molecule has 0 spiro atoms. The zero-order chi connectivity index (χ0) is 24.8. The summed E-state index contributed by atoms with van der Waals surface area (Å²) < 4.78 is 23.2. The number of carboxylic acid groups (broad SMARTS) is 1. The van der Waals surface area contributed by atoms with Crippen molar-refractivity contribution in [2.75, 3.05) is 27.9 Å². The molecule has 7 nitrogen and oxygen atoms in total. The van der Waals surface area contributed by atoms with Crippen molar-refractivity contribution in [2.45, 2.75) is 31.5 Å². The van der Waals surface area contributed by atoms with Crippen molar-refractivity contribution < 1.29 is 28.8 Å². The zero-order valence-corrected chi connectivity index (χ0v) is 20.3. The number of hydrogen-bond donors (Lipinski definition) is 1. The number of benzene rings is 3. The number of methoxy groups -OCH3 is 3. The lowest BCUT2D eigenvalue weighted by Crippen LogP contribution is -2.39. The van der Waals surface area contributed by atoms with E-state index in [1.807, 2.05) is 71.6 Å². The molecule has 0 radical (unpaired) electrons. The number of ether oxygens (including phenoxy) is 4. The summed E-state index contributed by atoms with van der Waals surface area (Å²) in [6.45, 7) is 1.01. The standard InChI is InChI=1S/C28H31NO6/c1-32-23-14-8-7-12-21(23)26(29-15-9-13-22(29)28(30)31)20-16-24(33-2)27(25(17-20)34-3)35-18-19-10-5-4-6-11-19/h4-8,10-12,14,16-17,22,26H,9,13,15,18H2,1-3H3,(H,30,31). The molecule has 3 aromatic rings. The van der Waals surface area contributed by atoms with Crippen LogP contribution in [-0.4, -0.2) is 49.9 Å². The predicted molar refractivity (Wildman–Crippen MR) is 133 cm³/mol. The second kappa shape index (κ2) is 11.1. The smallest absolute Gasteiger partial charge is 0.320 e. The highest BCUT2D eigenvalue weighted by molar-refractivity contribution is 5.74. The van der Waals surface area contributed by atoms with Crippen LogP contribution >= 0.6 is 0 Å². The van der Waals surface area contributed by atoms with Crippen molar-refractivity contribution in [1.29, 1.82) is 0 Å². The van der Waals surface area contributed by atoms with Gasteiger partial charge >= 0.3 is 5.97 Å². The molecule has 1 fully saturated rings. The van der Waals surface area contributed by atoms with Crippen LogP contribution in [-0.2, 0) is 11.4 Å². The number of hydrogen-bond acceptors (Lipinski definition) is 6. The maximum atomic E-state index is 12.1. The molecule has 35 heavy (non-hydrogen) atoms. The summed E-state index contributed by atoms with van der Waals surface area (Å²) in [5, 5.41) is 9.93. The number of carbonyl (C=O) groups is 1. The van der Waals surface area contributed by atoms with E-state index in [1.54, 1.807) is 21.3 Å². The molecule has 184 valence electrons. The Morgan fingerprint density at radius 3 is 2.20 bits per heavy atom. The lowest BCUT2D eigenvalue weighted by molar-refractivity contribution is -0.142. The van der Waals surface area contributed by atoms with E-state index in [0.717, 1.165) is 23.1 Å². The number of aliphatic carboxylic acids is 1. The van der Waals surface area contributed by atoms with Crippen LogP contribution in [0.1, 0.15) is 35.6 Å². The minimum atomic E-state index is -0.829. The Hall–Kier alpha value is -3.71. The number of likely N-dealkylation sites (tertiary alicyclic amines) is 1. The number of nitrogens with zero attached hydrogens (tertiary/aromatic N) is 1. The van der Waals surface area contributed by atoms with Crippen molar-refractivity contribution in [3.63, 3.8) is 0 Å². The van der Waals surface area contributed by atoms with Crippen LogP contribution in [0, 0.1) is 0 Å². The molecule has 1 aliphatic rings. The van der Waals surface area contributed by atoms with Gasteiger partial charge in [0, 0.05) is 12.1 Å². The van der Waals surface area contributed by atoms with Crippen LogP contribution in [0.2, 0.25) is 0 Å². The molecule has 1 aliphatic heterocycles. The molecule has 1 N–H and O–H groups in total. The lowest BCUT2D eigenvalue weighted by atomic mass is 9.94. The topological polar surface area (TPSA) is 77.5 Å². The summed E-state index contributed by atoms with van der Waals surface area (Å²) >= 11 is 0. The maximum Gasteiger partial charge on any atom is 0.320 e. The van der Waals surface area contributed by atoms with Gasteiger partial charge in [-0.15, -0.1) is 0 Å². The zero-order valence-electron chi connectivity index (χ0n) is 20.3. The van der Waals surface area contributed by atoms with E-state index in [9.17, 15) is 9.90 Å². The first kappa shape index (κ1) is 24.4. The van der Waals surface area contributed by atoms with Crippen LogP contribution < -0.4 is 18.9 Å². The van der Waals surface area contributed by atoms with E-state index in [2.05, 4.69) is 0 Å². The minimum absolute atomic E-state index is 0.357. The largest absolute Gasteiger partial charge is 0.496 e. The van der Waals surface area contributed by atoms with Crippen molar-refractivity contribution in [2.24, 2.45) is 0 Å². The van der Waals surface area contributed by atoms with Crippen molar-refractivity contribution in [3.8, 4) is 23.0 Å². The highest BCUT2D eigenvalue weighted by Gasteiger charge is 2.38. The van der Waals surface area contributed by atoms with E-state index in [4.69, 9.17) is 18.9 Å². The monoisotopic (exact) mass is 477 g/mol. The molecule has 2 atom stereocenters. The van der Waals surface area contributed by atoms with Gasteiger partial charge in [0.05, 0.1) is 27.4 Å². The highest BCUT2D eigenvalue weighted by Crippen LogP contribution is 2.45. The van der Waals surface area contributed by atoms with Crippen LogP contribution in [0.15, 0.2) is 66.7 Å². The molecule has 2 unspecified atom stereocenters. The van der Waals surface area contributed by atoms with Gasteiger partial charge in [-0.3, -0.25) is 9.69 Å². The van der Waals surface area contributed by atoms with Crippen LogP contribution in [0.4, 0.5) is 0 Å². The van der Waals surface area contributed by atoms with Crippen molar-refractivity contribution >= 4 is 5.97 Å². The molecule has 0 amide bonds. The number of carboxylic acids is 1. The first-order valence-corrected chi connectivity index (χ1v) is 11.6. The van der Waals surface area contributed by atoms with E-state index < -0.39 is 12.0 Å². The first-order chi connectivity index (χ1) is 17.1. The Kier molecular flexibility index (Phi) is 7.77. The third-order valence-corrected chi connectivity index (χ3v) is 6.37. The van der Waals surface area contributed by atoms with Gasteiger partial charge in [0.25, 0.3) is 0 Å². The summed E-state index contributed by atoms with van der Waals surface area (Å²) in [6, 6.07) is 20.4. The summed E-state index contributed by atoms with van der Waals surface area (Å²) in [6.07, 6.45) is 1.39. The van der Waals surface area contributed by atoms with Gasteiger partial charge in [0.2, 0.25) is 5.75 Å². The summed E-state index contributed by atoms with van der Waals surface area (Å²) in [5.41, 5.74) is 2.74. The van der Waals surface area contributed by atoms with Gasteiger partial charge in [-0.1, -0.05) is 48.5 Å². The Labute approximate surface area is 205 Å². The third kappa shape index (κ3) is 5.20. The van der Waals surface area contributed by atoms with Crippen LogP contribution in [0.25, 0.3) is 0 Å². The Morgan fingerprint density at radius 2 is 1.57 bits per heavy atom. The average Bonchev–Trinajstić information content (AvgIpc) is 3.38. The van der Waals surface area contributed by atoms with Gasteiger partial charge in [-0.05, 0) is 42.2 Å². The molecule has 3 aromatic carbocycles. The minimum Gasteiger partial charge on any atom is -0.496 e. The second-order valence-electron chi connectivity index (χ2n) is 8.41. The summed E-state index contributed by atoms with van der Waals surface area (Å²) in [4.78, 5) is 14.1. The molecule has 1 heterocycles. The first-order valence-electron chi connectivity index (χ1n) is 11.6. The Bertz CT molecular complexity index is 1120. The SMILES string of the molecule is COc1ccccc1C(c1cc(OC)c(OCc2ccccc2)c(OC)c1)N1CCCC1C(=O)O. The molecule has 7 heteroatoms. The Balaban J connectivity index is 1.80. The number of para-hydroxylation sites is 1. The third-order valence-electron chi connectivity index (χ3n) is 6.37. The fourth-order valence-corrected chi connectivity index (χ4v) is 4.74. The quantitative estimate of drug-likeness (QED) is 0.444. The van der Waals surface area contributed by atoms with Crippen LogP contribution in [0.3, 0.4) is 0 Å². The van der Waals surface area contributed by atoms with E-state index >= 15 is 0 Å². The summed E-state index contributed by atoms with van der Waals surface area (Å²) in [5.74, 6) is 1.39. The molecular formula is C28H31NO6. The fraction of sp³-hybridized carbons (Fsp3) is 0.321. The molecule has 1 saturated heterocycles. The van der Waals surface area contributed by atoms with Crippen molar-refractivity contribution in [1.82, 2.24) is 4.90 Å². The lowest BCUT2D eigenvalue weighted by Gasteiger charge is -2.33. The van der Waals surface area contributed by atoms with E-state index in [1.165, 1.54) is 0 Å². The highest BCUT2D eigenvalue weighted by atomic mass is 16.5. The second-order valence-corrected chi connectivity index (χ2v) is 8.41. The molecular weight excluding hydrogens is 446 g/mol. The van der Waals surface area contributed by atoms with Gasteiger partial charge < -0.3 is 24.1 Å². The number of rotatable bonds is 10. The molecule has 0 bridgehead atoms. The predicted octanol–water partition coefficient (Wildman–Crippen LogP) is 4.93. The van der Waals surface area contributed by atoms with E-state index in [0.29, 0.717) is 42.6 Å². The Morgan fingerprint density at radius 1 is 0.943 bits per heavy atom. The van der Waals surface area contributed by atoms with E-state index in [-0.39, 0.29) is 6.04 Å². The maximum absolute atomic E-state index is 12.1. The van der Waals surface area contributed by atoms with Crippen molar-refractivity contribution in [3.05, 3.63) is 83.4 Å². The summed E-state index contributed by atoms with van der Waals surface area (Å²) in [7, 11) is 4.79. The van der Waals surface area contributed by atoms with Crippen LogP contribution in [0.5, 0.6) is 23.0 Å². The molecule has 0 aromatic heterocycles. The molecule has 0 saturated carbocycles. The molecule has 0 aliphatic carbocycles. The average molecular weight is 478 g/mol. The van der Waals surface area contributed by atoms with Gasteiger partial charge in [0.15, 0.2) is 11.5 Å². The van der Waals surface area contributed by atoms with Gasteiger partial charge in [-0.25, -0.2) is 0 Å². The normalized spacial score (nSPS) is 16.5. The fourth-order valence-electron chi connectivity index (χ4n) is 4.74. The van der Waals surface area contributed by atoms with Gasteiger partial charge in [0.1, 0.15) is 18.4 Å². The van der Waals surface area contributed by atoms with Gasteiger partial charge in [-0.2, -0.15) is 0 Å². The molecule has 4 rings (SSSR count).